The number of nitrogens with one attached hydrogen (secondary N) is 1. The molecule has 31 heavy (non-hydrogen) atoms. The van der Waals surface area contributed by atoms with Crippen molar-refractivity contribution in [3.63, 3.8) is 0 Å². The van der Waals surface area contributed by atoms with Crippen molar-refractivity contribution < 1.29 is 14.3 Å². The first-order valence-electron chi connectivity index (χ1n) is 10.6. The van der Waals surface area contributed by atoms with Gasteiger partial charge in [-0.15, -0.1) is 0 Å². The van der Waals surface area contributed by atoms with Crippen molar-refractivity contribution in [2.75, 3.05) is 26.2 Å². The first kappa shape index (κ1) is 21.1. The SMILES string of the molecule is Cc1c(C(=O)N2CCN(C(=O)OC(C)(C)C)CC2)cnn1-c1nc2c(c(=O)[nH]1)CCC2. The van der Waals surface area contributed by atoms with Crippen molar-refractivity contribution >= 4 is 12.0 Å². The van der Waals surface area contributed by atoms with E-state index in [0.717, 1.165) is 30.5 Å². The van der Waals surface area contributed by atoms with Gasteiger partial charge in [0.2, 0.25) is 5.95 Å². The van der Waals surface area contributed by atoms with Crippen LogP contribution in [0.1, 0.15) is 54.5 Å². The van der Waals surface area contributed by atoms with Crippen LogP contribution in [0.2, 0.25) is 0 Å². The lowest BCUT2D eigenvalue weighted by molar-refractivity contribution is 0.0140. The molecule has 2 amide bonds. The number of fused-ring (bicyclic) bond motifs is 1. The smallest absolute Gasteiger partial charge is 0.410 e. The van der Waals surface area contributed by atoms with Gasteiger partial charge in [0.05, 0.1) is 23.1 Å². The van der Waals surface area contributed by atoms with Crippen LogP contribution in [0.4, 0.5) is 4.79 Å². The van der Waals surface area contributed by atoms with Gasteiger partial charge in [-0.1, -0.05) is 0 Å². The minimum atomic E-state index is -0.553. The molecule has 0 bridgehead atoms. The van der Waals surface area contributed by atoms with Crippen LogP contribution in [0.5, 0.6) is 0 Å². The summed E-state index contributed by atoms with van der Waals surface area (Å²) in [6.07, 6.45) is 3.59. The summed E-state index contributed by atoms with van der Waals surface area (Å²) in [6, 6.07) is 0. The molecule has 1 aliphatic carbocycles. The summed E-state index contributed by atoms with van der Waals surface area (Å²) in [5, 5.41) is 4.30. The Morgan fingerprint density at radius 1 is 1.10 bits per heavy atom. The third-order valence-electron chi connectivity index (χ3n) is 5.59. The van der Waals surface area contributed by atoms with Crippen LogP contribution >= 0.6 is 0 Å². The molecular weight excluding hydrogens is 400 g/mol. The van der Waals surface area contributed by atoms with E-state index in [9.17, 15) is 14.4 Å². The molecule has 0 radical (unpaired) electrons. The van der Waals surface area contributed by atoms with Crippen LogP contribution < -0.4 is 5.56 Å². The minimum Gasteiger partial charge on any atom is -0.444 e. The zero-order valence-corrected chi connectivity index (χ0v) is 18.4. The Morgan fingerprint density at radius 2 is 1.77 bits per heavy atom. The van der Waals surface area contributed by atoms with Gasteiger partial charge in [0, 0.05) is 31.7 Å². The van der Waals surface area contributed by atoms with Gasteiger partial charge in [0.25, 0.3) is 11.5 Å². The number of carbonyl (C=O) groups excluding carboxylic acids is 2. The lowest BCUT2D eigenvalue weighted by Crippen LogP contribution is -2.51. The van der Waals surface area contributed by atoms with Crippen LogP contribution in [0.25, 0.3) is 5.95 Å². The molecule has 0 aromatic carbocycles. The van der Waals surface area contributed by atoms with Gasteiger partial charge in [-0.05, 0) is 47.0 Å². The van der Waals surface area contributed by atoms with Crippen LogP contribution in [-0.4, -0.2) is 73.3 Å². The number of aromatic nitrogens is 4. The van der Waals surface area contributed by atoms with Gasteiger partial charge in [0.15, 0.2) is 0 Å². The Balaban J connectivity index is 1.47. The zero-order chi connectivity index (χ0) is 22.3. The van der Waals surface area contributed by atoms with Crippen molar-refractivity contribution in [2.45, 2.75) is 52.6 Å². The van der Waals surface area contributed by atoms with Crippen LogP contribution in [0.15, 0.2) is 11.0 Å². The maximum Gasteiger partial charge on any atom is 0.410 e. The Hall–Kier alpha value is -3.17. The second-order valence-corrected chi connectivity index (χ2v) is 8.98. The number of hydrogen-bond donors (Lipinski definition) is 1. The molecule has 10 heteroatoms. The van der Waals surface area contributed by atoms with Gasteiger partial charge in [-0.25, -0.2) is 14.5 Å². The first-order chi connectivity index (χ1) is 14.6. The quantitative estimate of drug-likeness (QED) is 0.774. The standard InChI is InChI=1S/C21H28N6O4/c1-13-15(12-22-27(13)19-23-16-7-5-6-14(16)17(28)24-19)18(29)25-8-10-26(11-9-25)20(30)31-21(2,3)4/h12H,5-11H2,1-4H3,(H,23,24,28). The highest BCUT2D eigenvalue weighted by atomic mass is 16.6. The number of amides is 2. The highest BCUT2D eigenvalue weighted by Crippen LogP contribution is 2.19. The van der Waals surface area contributed by atoms with E-state index in [2.05, 4.69) is 15.1 Å². The second kappa shape index (κ2) is 7.82. The van der Waals surface area contributed by atoms with E-state index in [4.69, 9.17) is 4.74 Å². The average Bonchev–Trinajstić information content (AvgIpc) is 3.33. The number of piperazine rings is 1. The number of hydrogen-bond acceptors (Lipinski definition) is 6. The number of H-pyrrole nitrogens is 1. The molecule has 10 nitrogen and oxygen atoms in total. The van der Waals surface area contributed by atoms with Crippen molar-refractivity contribution in [1.29, 1.82) is 0 Å². The van der Waals surface area contributed by atoms with E-state index in [0.29, 0.717) is 43.4 Å². The normalized spacial score (nSPS) is 16.4. The van der Waals surface area contributed by atoms with Gasteiger partial charge < -0.3 is 14.5 Å². The predicted molar refractivity (Wildman–Crippen MR) is 112 cm³/mol. The summed E-state index contributed by atoms with van der Waals surface area (Å²) < 4.78 is 6.91. The van der Waals surface area contributed by atoms with Gasteiger partial charge in [-0.2, -0.15) is 5.10 Å². The molecule has 2 aliphatic rings. The number of ether oxygens (including phenoxy) is 1. The number of carbonyl (C=O) groups is 2. The Bertz CT molecular complexity index is 1070. The van der Waals surface area contributed by atoms with Crippen molar-refractivity contribution in [3.8, 4) is 5.95 Å². The lowest BCUT2D eigenvalue weighted by atomic mass is 10.2. The van der Waals surface area contributed by atoms with E-state index in [1.807, 2.05) is 20.8 Å². The average molecular weight is 428 g/mol. The van der Waals surface area contributed by atoms with E-state index in [-0.39, 0.29) is 17.6 Å². The monoisotopic (exact) mass is 428 g/mol. The topological polar surface area (TPSA) is 113 Å². The predicted octanol–water partition coefficient (Wildman–Crippen LogP) is 1.45. The Morgan fingerprint density at radius 3 is 2.45 bits per heavy atom. The third kappa shape index (κ3) is 4.19. The number of aryl methyl sites for hydroxylation is 1. The molecule has 1 saturated heterocycles. The first-order valence-corrected chi connectivity index (χ1v) is 10.6. The molecule has 166 valence electrons. The fourth-order valence-corrected chi connectivity index (χ4v) is 3.95. The lowest BCUT2D eigenvalue weighted by Gasteiger charge is -2.35. The van der Waals surface area contributed by atoms with Crippen LogP contribution in [-0.2, 0) is 17.6 Å². The molecule has 4 rings (SSSR count). The van der Waals surface area contributed by atoms with E-state index >= 15 is 0 Å². The molecular formula is C21H28N6O4. The Labute approximate surface area is 180 Å². The summed E-state index contributed by atoms with van der Waals surface area (Å²) in [4.78, 5) is 48.3. The summed E-state index contributed by atoms with van der Waals surface area (Å²) in [7, 11) is 0. The van der Waals surface area contributed by atoms with E-state index in [1.54, 1.807) is 16.7 Å². The summed E-state index contributed by atoms with van der Waals surface area (Å²) in [5.41, 5.74) is 1.92. The number of rotatable bonds is 2. The van der Waals surface area contributed by atoms with E-state index < -0.39 is 5.60 Å². The Kier molecular flexibility index (Phi) is 5.32. The molecule has 2 aromatic heterocycles. The second-order valence-electron chi connectivity index (χ2n) is 8.98. The van der Waals surface area contributed by atoms with Gasteiger partial charge in [-0.3, -0.25) is 14.6 Å². The fraction of sp³-hybridized carbons (Fsp3) is 0.571. The van der Waals surface area contributed by atoms with Gasteiger partial charge in [0.1, 0.15) is 5.60 Å². The highest BCUT2D eigenvalue weighted by Gasteiger charge is 2.29. The van der Waals surface area contributed by atoms with Crippen LogP contribution in [0, 0.1) is 6.92 Å². The van der Waals surface area contributed by atoms with Crippen molar-refractivity contribution in [2.24, 2.45) is 0 Å². The minimum absolute atomic E-state index is 0.140. The zero-order valence-electron chi connectivity index (χ0n) is 18.4. The number of aromatic amines is 1. The molecule has 3 heterocycles. The molecule has 2 aromatic rings. The molecule has 1 aliphatic heterocycles. The third-order valence-corrected chi connectivity index (χ3v) is 5.59. The molecule has 1 fully saturated rings. The molecule has 1 N–H and O–H groups in total. The van der Waals surface area contributed by atoms with E-state index in [1.165, 1.54) is 10.9 Å². The fourth-order valence-electron chi connectivity index (χ4n) is 3.95. The summed E-state index contributed by atoms with van der Waals surface area (Å²) in [5.74, 6) is 0.174. The van der Waals surface area contributed by atoms with Crippen molar-refractivity contribution in [3.05, 3.63) is 39.1 Å². The molecule has 0 atom stereocenters. The maximum absolute atomic E-state index is 13.1. The molecule has 0 unspecified atom stereocenters. The van der Waals surface area contributed by atoms with Gasteiger partial charge >= 0.3 is 6.09 Å². The van der Waals surface area contributed by atoms with Crippen LogP contribution in [0.3, 0.4) is 0 Å². The largest absolute Gasteiger partial charge is 0.444 e. The molecule has 0 spiro atoms. The highest BCUT2D eigenvalue weighted by molar-refractivity contribution is 5.95. The van der Waals surface area contributed by atoms with Crippen molar-refractivity contribution in [1.82, 2.24) is 29.5 Å². The maximum atomic E-state index is 13.1. The number of nitrogens with zero attached hydrogens (tertiary/aromatic N) is 5. The summed E-state index contributed by atoms with van der Waals surface area (Å²) in [6.45, 7) is 8.91. The summed E-state index contributed by atoms with van der Waals surface area (Å²) >= 11 is 0. The molecule has 0 saturated carbocycles.